The lowest BCUT2D eigenvalue weighted by Crippen LogP contribution is -2.30. The van der Waals surface area contributed by atoms with Gasteiger partial charge in [0.1, 0.15) is 5.01 Å². The second-order valence-electron chi connectivity index (χ2n) is 4.32. The van der Waals surface area contributed by atoms with Gasteiger partial charge in [0, 0.05) is 18.5 Å². The van der Waals surface area contributed by atoms with Gasteiger partial charge in [-0.3, -0.25) is 10.1 Å². The average molecular weight is 360 g/mol. The molecule has 0 saturated heterocycles. The fourth-order valence-electron chi connectivity index (χ4n) is 1.79. The van der Waals surface area contributed by atoms with E-state index in [9.17, 15) is 13.2 Å². The van der Waals surface area contributed by atoms with E-state index in [4.69, 9.17) is 0 Å². The molecule has 0 aliphatic rings. The molecule has 2 aromatic rings. The molecule has 0 unspecified atom stereocenters. The van der Waals surface area contributed by atoms with Crippen LogP contribution in [0.5, 0.6) is 0 Å². The maximum Gasteiger partial charge on any atom is 0.267 e. The second-order valence-corrected chi connectivity index (χ2v) is 8.35. The SMILES string of the molecule is CCN(CC)S(=O)(=O)c1csc(C(=O)Nc2nnc(C)s2)c1. The molecule has 1 amide bonds. The van der Waals surface area contributed by atoms with Gasteiger partial charge in [-0.25, -0.2) is 8.42 Å². The van der Waals surface area contributed by atoms with Crippen LogP contribution < -0.4 is 5.32 Å². The van der Waals surface area contributed by atoms with Crippen molar-refractivity contribution in [2.24, 2.45) is 0 Å². The van der Waals surface area contributed by atoms with Crippen molar-refractivity contribution in [2.45, 2.75) is 25.7 Å². The number of carbonyl (C=O) groups is 1. The number of thiophene rings is 1. The molecule has 0 aliphatic carbocycles. The van der Waals surface area contributed by atoms with Crippen LogP contribution in [0.25, 0.3) is 0 Å². The zero-order valence-corrected chi connectivity index (χ0v) is 14.8. The molecule has 2 rings (SSSR count). The first-order valence-electron chi connectivity index (χ1n) is 6.58. The molecule has 0 aliphatic heterocycles. The van der Waals surface area contributed by atoms with Gasteiger partial charge in [0.05, 0.1) is 9.77 Å². The molecule has 0 fully saturated rings. The van der Waals surface area contributed by atoms with Gasteiger partial charge in [-0.05, 0) is 13.0 Å². The summed E-state index contributed by atoms with van der Waals surface area (Å²) in [6, 6.07) is 1.39. The maximum absolute atomic E-state index is 12.4. The van der Waals surface area contributed by atoms with Crippen molar-refractivity contribution >= 4 is 43.7 Å². The number of sulfonamides is 1. The second kappa shape index (κ2) is 6.82. The Balaban J connectivity index is 2.19. The smallest absolute Gasteiger partial charge is 0.267 e. The third kappa shape index (κ3) is 3.51. The summed E-state index contributed by atoms with van der Waals surface area (Å²) < 4.78 is 26.1. The Kier molecular flexibility index (Phi) is 5.27. The Morgan fingerprint density at radius 1 is 1.32 bits per heavy atom. The lowest BCUT2D eigenvalue weighted by Gasteiger charge is -2.17. The summed E-state index contributed by atoms with van der Waals surface area (Å²) >= 11 is 2.35. The minimum absolute atomic E-state index is 0.139. The number of anilines is 1. The van der Waals surface area contributed by atoms with Crippen LogP contribution in [0.15, 0.2) is 16.3 Å². The molecular weight excluding hydrogens is 344 g/mol. The van der Waals surface area contributed by atoms with Crippen LogP contribution in [0.2, 0.25) is 0 Å². The van der Waals surface area contributed by atoms with E-state index in [1.165, 1.54) is 27.1 Å². The highest BCUT2D eigenvalue weighted by molar-refractivity contribution is 7.89. The van der Waals surface area contributed by atoms with E-state index < -0.39 is 10.0 Å². The normalized spacial score (nSPS) is 11.8. The van der Waals surface area contributed by atoms with Gasteiger partial charge in [-0.1, -0.05) is 25.2 Å². The largest absolute Gasteiger partial charge is 0.296 e. The third-order valence-corrected chi connectivity index (χ3v) is 6.75. The van der Waals surface area contributed by atoms with Gasteiger partial charge in [0.2, 0.25) is 15.2 Å². The number of nitrogens with zero attached hydrogens (tertiary/aromatic N) is 3. The monoisotopic (exact) mass is 360 g/mol. The van der Waals surface area contributed by atoms with E-state index >= 15 is 0 Å². The van der Waals surface area contributed by atoms with E-state index in [0.29, 0.717) is 23.1 Å². The molecule has 0 radical (unpaired) electrons. The standard InChI is InChI=1S/C12H16N4O3S3/c1-4-16(5-2)22(18,19)9-6-10(20-7-9)11(17)13-12-15-14-8(3)21-12/h6-7H,4-5H2,1-3H3,(H,13,15,17). The van der Waals surface area contributed by atoms with E-state index in [0.717, 1.165) is 16.3 Å². The molecule has 120 valence electrons. The Hall–Kier alpha value is -1.36. The Labute approximate surface area is 137 Å². The van der Waals surface area contributed by atoms with Crippen LogP contribution in [-0.4, -0.2) is 41.9 Å². The van der Waals surface area contributed by atoms with Crippen LogP contribution in [0.4, 0.5) is 5.13 Å². The van der Waals surface area contributed by atoms with Crippen molar-refractivity contribution in [3.8, 4) is 0 Å². The van der Waals surface area contributed by atoms with Gasteiger partial charge in [-0.15, -0.1) is 21.5 Å². The van der Waals surface area contributed by atoms with Crippen molar-refractivity contribution in [1.82, 2.24) is 14.5 Å². The molecule has 0 spiro atoms. The molecule has 0 saturated carbocycles. The Morgan fingerprint density at radius 3 is 2.55 bits per heavy atom. The quantitative estimate of drug-likeness (QED) is 0.852. The molecule has 2 aromatic heterocycles. The minimum atomic E-state index is -3.54. The lowest BCUT2D eigenvalue weighted by atomic mass is 10.4. The number of rotatable bonds is 6. The molecule has 1 N–H and O–H groups in total. The van der Waals surface area contributed by atoms with Gasteiger partial charge in [-0.2, -0.15) is 4.31 Å². The number of aromatic nitrogens is 2. The van der Waals surface area contributed by atoms with Crippen molar-refractivity contribution < 1.29 is 13.2 Å². The van der Waals surface area contributed by atoms with Crippen LogP contribution in [0.1, 0.15) is 28.5 Å². The van der Waals surface area contributed by atoms with Gasteiger partial charge in [0.15, 0.2) is 0 Å². The molecule has 22 heavy (non-hydrogen) atoms. The minimum Gasteiger partial charge on any atom is -0.296 e. The Bertz CT molecular complexity index is 762. The first-order chi connectivity index (χ1) is 10.4. The molecular formula is C12H16N4O3S3. The van der Waals surface area contributed by atoms with Crippen molar-refractivity contribution in [3.63, 3.8) is 0 Å². The zero-order valence-electron chi connectivity index (χ0n) is 12.4. The van der Waals surface area contributed by atoms with E-state index in [1.807, 2.05) is 0 Å². The van der Waals surface area contributed by atoms with E-state index in [2.05, 4.69) is 15.5 Å². The highest BCUT2D eigenvalue weighted by Crippen LogP contribution is 2.24. The number of hydrogen-bond donors (Lipinski definition) is 1. The summed E-state index contributed by atoms with van der Waals surface area (Å²) in [7, 11) is -3.54. The van der Waals surface area contributed by atoms with Crippen LogP contribution in [0, 0.1) is 6.92 Å². The van der Waals surface area contributed by atoms with Crippen LogP contribution in [0.3, 0.4) is 0 Å². The van der Waals surface area contributed by atoms with Gasteiger partial charge >= 0.3 is 0 Å². The number of aryl methyl sites for hydroxylation is 1. The highest BCUT2D eigenvalue weighted by atomic mass is 32.2. The van der Waals surface area contributed by atoms with Crippen LogP contribution >= 0.6 is 22.7 Å². The number of hydrogen-bond acceptors (Lipinski definition) is 7. The summed E-state index contributed by atoms with van der Waals surface area (Å²) in [5.41, 5.74) is 0. The van der Waals surface area contributed by atoms with E-state index in [-0.39, 0.29) is 10.8 Å². The molecule has 0 aromatic carbocycles. The predicted molar refractivity (Wildman–Crippen MR) is 87.0 cm³/mol. The predicted octanol–water partition coefficient (Wildman–Crippen LogP) is 2.19. The van der Waals surface area contributed by atoms with Crippen molar-refractivity contribution in [2.75, 3.05) is 18.4 Å². The van der Waals surface area contributed by atoms with E-state index in [1.54, 1.807) is 20.8 Å². The fourth-order valence-corrected chi connectivity index (χ4v) is 4.99. The number of amides is 1. The summed E-state index contributed by atoms with van der Waals surface area (Å²) in [5.74, 6) is -0.387. The Morgan fingerprint density at radius 2 is 2.00 bits per heavy atom. The first-order valence-corrected chi connectivity index (χ1v) is 9.72. The third-order valence-electron chi connectivity index (χ3n) is 2.89. The fraction of sp³-hybridized carbons (Fsp3) is 0.417. The van der Waals surface area contributed by atoms with Crippen molar-refractivity contribution in [3.05, 3.63) is 21.3 Å². The summed E-state index contributed by atoms with van der Waals surface area (Å²) in [6.07, 6.45) is 0. The molecule has 2 heterocycles. The molecule has 7 nitrogen and oxygen atoms in total. The first kappa shape index (κ1) is 17.0. The number of nitrogens with one attached hydrogen (secondary N) is 1. The lowest BCUT2D eigenvalue weighted by molar-refractivity contribution is 0.103. The zero-order chi connectivity index (χ0) is 16.3. The summed E-state index contributed by atoms with van der Waals surface area (Å²) in [5, 5.41) is 12.8. The van der Waals surface area contributed by atoms with Gasteiger partial charge in [0.25, 0.3) is 5.91 Å². The summed E-state index contributed by atoms with van der Waals surface area (Å²) in [6.45, 7) is 6.12. The molecule has 10 heteroatoms. The average Bonchev–Trinajstić information content (AvgIpc) is 3.09. The number of carbonyl (C=O) groups excluding carboxylic acids is 1. The summed E-state index contributed by atoms with van der Waals surface area (Å²) in [4.78, 5) is 12.6. The molecule has 0 bridgehead atoms. The maximum atomic E-state index is 12.4. The van der Waals surface area contributed by atoms with Gasteiger partial charge < -0.3 is 0 Å². The molecule has 0 atom stereocenters. The highest BCUT2D eigenvalue weighted by Gasteiger charge is 2.24. The van der Waals surface area contributed by atoms with Crippen LogP contribution in [-0.2, 0) is 10.0 Å². The van der Waals surface area contributed by atoms with Crippen molar-refractivity contribution in [1.29, 1.82) is 0 Å². The topological polar surface area (TPSA) is 92.3 Å².